The first kappa shape index (κ1) is 13.7. The van der Waals surface area contributed by atoms with Crippen LogP contribution in [-0.2, 0) is 4.79 Å². The molecule has 0 aromatic heterocycles. The summed E-state index contributed by atoms with van der Waals surface area (Å²) < 4.78 is 0. The number of carboxylic acid groups (broad SMARTS) is 1. The Morgan fingerprint density at radius 1 is 1.25 bits per heavy atom. The lowest BCUT2D eigenvalue weighted by Gasteiger charge is -2.22. The third kappa shape index (κ3) is 2.25. The monoisotopic (exact) mass is 281 g/mol. The molecule has 0 radical (unpaired) electrons. The maximum Gasteiger partial charge on any atom is 0.326 e. The lowest BCUT2D eigenvalue weighted by molar-refractivity contribution is -0.392. The number of carboxylic acids is 1. The van der Waals surface area contributed by atoms with Crippen LogP contribution in [0.4, 0.5) is 17.1 Å². The topological polar surface area (TPSA) is 127 Å². The van der Waals surface area contributed by atoms with Gasteiger partial charge in [0, 0.05) is 18.7 Å². The van der Waals surface area contributed by atoms with Gasteiger partial charge in [-0.15, -0.1) is 0 Å². The van der Waals surface area contributed by atoms with Gasteiger partial charge >= 0.3 is 5.97 Å². The Labute approximate surface area is 112 Å². The molecular weight excluding hydrogens is 270 g/mol. The van der Waals surface area contributed by atoms with E-state index in [1.807, 2.05) is 0 Å². The number of benzene rings is 1. The number of aliphatic carboxylic acids is 1. The van der Waals surface area contributed by atoms with Crippen LogP contribution in [0, 0.1) is 20.2 Å². The SMILES string of the molecule is O=C(O)C1CCCN1c1c([N+](=O)[O-])cccc1[N+](=O)[O-]. The minimum absolute atomic E-state index is 0.229. The van der Waals surface area contributed by atoms with E-state index >= 15 is 0 Å². The summed E-state index contributed by atoms with van der Waals surface area (Å²) in [6, 6.07) is 2.51. The molecule has 1 aromatic carbocycles. The first-order valence-corrected chi connectivity index (χ1v) is 5.84. The van der Waals surface area contributed by atoms with Crippen molar-refractivity contribution in [1.29, 1.82) is 0 Å². The third-order valence-corrected chi connectivity index (χ3v) is 3.21. The molecule has 1 N–H and O–H groups in total. The van der Waals surface area contributed by atoms with E-state index in [9.17, 15) is 25.0 Å². The number of para-hydroxylation sites is 1. The van der Waals surface area contributed by atoms with Crippen LogP contribution >= 0.6 is 0 Å². The van der Waals surface area contributed by atoms with Crippen molar-refractivity contribution in [2.45, 2.75) is 18.9 Å². The second kappa shape index (κ2) is 5.11. The molecular formula is C11H11N3O6. The lowest BCUT2D eigenvalue weighted by atomic mass is 10.1. The van der Waals surface area contributed by atoms with Gasteiger partial charge < -0.3 is 10.0 Å². The molecule has 0 bridgehead atoms. The molecule has 1 saturated heterocycles. The number of hydrogen-bond acceptors (Lipinski definition) is 6. The van der Waals surface area contributed by atoms with Crippen molar-refractivity contribution in [3.63, 3.8) is 0 Å². The van der Waals surface area contributed by atoms with Crippen molar-refractivity contribution in [3.05, 3.63) is 38.4 Å². The Hall–Kier alpha value is -2.71. The molecule has 1 aliphatic rings. The summed E-state index contributed by atoms with van der Waals surface area (Å²) in [6.45, 7) is 0.239. The van der Waals surface area contributed by atoms with Gasteiger partial charge in [0.25, 0.3) is 11.4 Å². The molecule has 0 amide bonds. The summed E-state index contributed by atoms with van der Waals surface area (Å²) >= 11 is 0. The molecule has 2 rings (SSSR count). The minimum Gasteiger partial charge on any atom is -0.480 e. The van der Waals surface area contributed by atoms with Crippen molar-refractivity contribution in [2.24, 2.45) is 0 Å². The zero-order valence-electron chi connectivity index (χ0n) is 10.3. The predicted octanol–water partition coefficient (Wildman–Crippen LogP) is 1.56. The third-order valence-electron chi connectivity index (χ3n) is 3.21. The molecule has 106 valence electrons. The van der Waals surface area contributed by atoms with Gasteiger partial charge in [-0.2, -0.15) is 0 Å². The van der Waals surface area contributed by atoms with Gasteiger partial charge in [0.05, 0.1) is 9.85 Å². The number of hydrogen-bond donors (Lipinski definition) is 1. The quantitative estimate of drug-likeness (QED) is 0.655. The van der Waals surface area contributed by atoms with Crippen LogP contribution in [-0.4, -0.2) is 33.5 Å². The minimum atomic E-state index is -1.14. The largest absolute Gasteiger partial charge is 0.480 e. The van der Waals surface area contributed by atoms with E-state index in [4.69, 9.17) is 5.11 Å². The molecule has 1 atom stereocenters. The van der Waals surface area contributed by atoms with E-state index in [0.717, 1.165) is 12.1 Å². The van der Waals surface area contributed by atoms with E-state index in [1.165, 1.54) is 11.0 Å². The maximum atomic E-state index is 11.2. The number of nitrogens with zero attached hydrogens (tertiary/aromatic N) is 3. The fraction of sp³-hybridized carbons (Fsp3) is 0.364. The van der Waals surface area contributed by atoms with Crippen LogP contribution in [0.15, 0.2) is 18.2 Å². The first-order chi connectivity index (χ1) is 9.43. The Bertz CT molecular complexity index is 555. The molecule has 1 heterocycles. The zero-order chi connectivity index (χ0) is 14.9. The number of nitro benzene ring substituents is 2. The van der Waals surface area contributed by atoms with Crippen LogP contribution in [0.1, 0.15) is 12.8 Å². The van der Waals surface area contributed by atoms with Gasteiger partial charge in [0.1, 0.15) is 6.04 Å². The van der Waals surface area contributed by atoms with Crippen LogP contribution in [0.25, 0.3) is 0 Å². The summed E-state index contributed by atoms with van der Waals surface area (Å²) in [7, 11) is 0. The smallest absolute Gasteiger partial charge is 0.326 e. The highest BCUT2D eigenvalue weighted by atomic mass is 16.6. The van der Waals surface area contributed by atoms with E-state index in [1.54, 1.807) is 0 Å². The molecule has 1 aromatic rings. The first-order valence-electron chi connectivity index (χ1n) is 5.84. The molecule has 9 nitrogen and oxygen atoms in total. The van der Waals surface area contributed by atoms with Crippen molar-refractivity contribution in [2.75, 3.05) is 11.4 Å². The number of nitro groups is 2. The summed E-state index contributed by atoms with van der Waals surface area (Å²) in [5.41, 5.74) is -1.13. The molecule has 0 spiro atoms. The van der Waals surface area contributed by atoms with Crippen molar-refractivity contribution in [3.8, 4) is 0 Å². The standard InChI is InChI=1S/C11H11N3O6/c15-11(16)9-5-2-6-12(9)10-7(13(17)18)3-1-4-8(10)14(19)20/h1,3-4,9H,2,5-6H2,(H,15,16). The number of rotatable bonds is 4. The van der Waals surface area contributed by atoms with E-state index in [-0.39, 0.29) is 12.2 Å². The van der Waals surface area contributed by atoms with Gasteiger partial charge in [-0.3, -0.25) is 20.2 Å². The molecule has 1 unspecified atom stereocenters. The van der Waals surface area contributed by atoms with Crippen molar-refractivity contribution < 1.29 is 19.7 Å². The molecule has 1 aliphatic heterocycles. The lowest BCUT2D eigenvalue weighted by Crippen LogP contribution is -2.36. The second-order valence-corrected chi connectivity index (χ2v) is 4.35. The molecule has 1 fully saturated rings. The summed E-state index contributed by atoms with van der Waals surface area (Å²) in [6.07, 6.45) is 0.818. The van der Waals surface area contributed by atoms with Gasteiger partial charge in [-0.25, -0.2) is 4.79 Å². The van der Waals surface area contributed by atoms with Crippen molar-refractivity contribution in [1.82, 2.24) is 0 Å². The Morgan fingerprint density at radius 3 is 2.25 bits per heavy atom. The molecule has 0 saturated carbocycles. The average molecular weight is 281 g/mol. The Balaban J connectivity index is 2.61. The summed E-state index contributed by atoms with van der Waals surface area (Å²) in [5, 5.41) is 31.2. The predicted molar refractivity (Wildman–Crippen MR) is 67.8 cm³/mol. The van der Waals surface area contributed by atoms with Gasteiger partial charge in [0.15, 0.2) is 5.69 Å². The number of anilines is 1. The van der Waals surface area contributed by atoms with Gasteiger partial charge in [-0.05, 0) is 18.9 Å². The average Bonchev–Trinajstić information content (AvgIpc) is 2.86. The molecule has 9 heteroatoms. The summed E-state index contributed by atoms with van der Waals surface area (Å²) in [5.74, 6) is -1.14. The highest BCUT2D eigenvalue weighted by Gasteiger charge is 2.38. The van der Waals surface area contributed by atoms with Gasteiger partial charge in [0.2, 0.25) is 0 Å². The van der Waals surface area contributed by atoms with Crippen LogP contribution < -0.4 is 4.90 Å². The van der Waals surface area contributed by atoms with E-state index in [2.05, 4.69) is 0 Å². The molecule has 0 aliphatic carbocycles. The molecule has 20 heavy (non-hydrogen) atoms. The fourth-order valence-electron chi connectivity index (χ4n) is 2.40. The fourth-order valence-corrected chi connectivity index (χ4v) is 2.40. The summed E-state index contributed by atoms with van der Waals surface area (Å²) in [4.78, 5) is 33.0. The van der Waals surface area contributed by atoms with E-state index in [0.29, 0.717) is 12.8 Å². The van der Waals surface area contributed by atoms with Crippen molar-refractivity contribution >= 4 is 23.0 Å². The normalized spacial score (nSPS) is 18.0. The second-order valence-electron chi connectivity index (χ2n) is 4.35. The maximum absolute atomic E-state index is 11.2. The van der Waals surface area contributed by atoms with Gasteiger partial charge in [-0.1, -0.05) is 0 Å². The van der Waals surface area contributed by atoms with Crippen LogP contribution in [0.5, 0.6) is 0 Å². The Morgan fingerprint density at radius 2 is 1.80 bits per heavy atom. The highest BCUT2D eigenvalue weighted by molar-refractivity contribution is 5.84. The van der Waals surface area contributed by atoms with Crippen LogP contribution in [0.3, 0.4) is 0 Å². The van der Waals surface area contributed by atoms with E-state index < -0.39 is 33.2 Å². The van der Waals surface area contributed by atoms with Crippen LogP contribution in [0.2, 0.25) is 0 Å². The highest BCUT2D eigenvalue weighted by Crippen LogP contribution is 2.40. The number of carbonyl (C=O) groups is 1. The zero-order valence-corrected chi connectivity index (χ0v) is 10.3. The Kier molecular flexibility index (Phi) is 3.51.